The fraction of sp³-hybridized carbons (Fsp3) is 0.609. The van der Waals surface area contributed by atoms with Gasteiger partial charge >= 0.3 is 0 Å². The maximum absolute atomic E-state index is 12.2. The zero-order valence-corrected chi connectivity index (χ0v) is 18.9. The number of nitrogens with one attached hydrogen (secondary N) is 1. The molecule has 3 amide bonds. The van der Waals surface area contributed by atoms with Crippen LogP contribution in [0.2, 0.25) is 0 Å². The summed E-state index contributed by atoms with van der Waals surface area (Å²) >= 11 is 0. The molecule has 1 N–H and O–H groups in total. The highest BCUT2D eigenvalue weighted by Crippen LogP contribution is 2.31. The van der Waals surface area contributed by atoms with Crippen LogP contribution in [0.25, 0.3) is 0 Å². The highest BCUT2D eigenvalue weighted by molar-refractivity contribution is 6.01. The number of carbonyl (C=O) groups excluding carboxylic acids is 3. The quantitative estimate of drug-likeness (QED) is 0.630. The van der Waals surface area contributed by atoms with Gasteiger partial charge in [-0.15, -0.1) is 0 Å². The second-order valence-corrected chi connectivity index (χ2v) is 8.97. The molecule has 170 valence electrons. The van der Waals surface area contributed by atoms with Crippen molar-refractivity contribution in [3.05, 3.63) is 24.3 Å². The molecule has 0 atom stereocenters. The Morgan fingerprint density at radius 1 is 1.06 bits per heavy atom. The van der Waals surface area contributed by atoms with Gasteiger partial charge in [0, 0.05) is 52.1 Å². The molecular formula is C23H34N4O4. The first-order valence-corrected chi connectivity index (χ1v) is 11.1. The van der Waals surface area contributed by atoms with E-state index in [0.29, 0.717) is 26.0 Å². The van der Waals surface area contributed by atoms with Crippen molar-refractivity contribution in [3.8, 4) is 5.75 Å². The highest BCUT2D eigenvalue weighted by atomic mass is 16.5. The molecule has 0 unspecified atom stereocenters. The molecule has 3 rings (SSSR count). The molecule has 2 fully saturated rings. The lowest BCUT2D eigenvalue weighted by Crippen LogP contribution is -2.51. The molecule has 31 heavy (non-hydrogen) atoms. The summed E-state index contributed by atoms with van der Waals surface area (Å²) in [6, 6.07) is 8.10. The first-order chi connectivity index (χ1) is 14.8. The summed E-state index contributed by atoms with van der Waals surface area (Å²) in [5, 5.41) is 2.85. The Labute approximate surface area is 184 Å². The van der Waals surface area contributed by atoms with Gasteiger partial charge in [0.15, 0.2) is 0 Å². The Morgan fingerprint density at radius 3 is 2.35 bits per heavy atom. The van der Waals surface area contributed by atoms with Gasteiger partial charge in [-0.1, -0.05) is 26.0 Å². The van der Waals surface area contributed by atoms with Crippen molar-refractivity contribution >= 4 is 23.4 Å². The lowest BCUT2D eigenvalue weighted by Gasteiger charge is -2.36. The molecule has 0 aromatic heterocycles. The zero-order chi connectivity index (χ0) is 22.4. The van der Waals surface area contributed by atoms with Crippen LogP contribution in [-0.4, -0.2) is 79.9 Å². The van der Waals surface area contributed by atoms with E-state index in [9.17, 15) is 14.4 Å². The minimum absolute atomic E-state index is 0.185. The van der Waals surface area contributed by atoms with E-state index in [0.717, 1.165) is 49.1 Å². The molecule has 0 spiro atoms. The predicted octanol–water partition coefficient (Wildman–Crippen LogP) is 1.50. The van der Waals surface area contributed by atoms with Crippen LogP contribution < -0.4 is 15.0 Å². The van der Waals surface area contributed by atoms with Gasteiger partial charge in [-0.3, -0.25) is 24.2 Å². The number of piperidine rings is 1. The average Bonchev–Trinajstić information content (AvgIpc) is 2.71. The number of hydrogen-bond donors (Lipinski definition) is 1. The average molecular weight is 431 g/mol. The molecule has 2 aliphatic heterocycles. The standard InChI is InChI=1S/C23H34N4O4/c1-4-31-19-8-6-5-7-18(19)26-13-11-25(12-14-26)10-9-24-20(28)17-27-21(29)15-23(2,3)16-22(27)30/h5-8H,4,9-17H2,1-3H3,(H,24,28). The number of hydrogen-bond acceptors (Lipinski definition) is 6. The molecule has 1 aromatic carbocycles. The Kier molecular flexibility index (Phi) is 7.54. The van der Waals surface area contributed by atoms with Crippen LogP contribution in [0.15, 0.2) is 24.3 Å². The molecule has 1 aromatic rings. The molecule has 0 bridgehead atoms. The predicted molar refractivity (Wildman–Crippen MR) is 119 cm³/mol. The van der Waals surface area contributed by atoms with Crippen LogP contribution in [0.3, 0.4) is 0 Å². The number of carbonyl (C=O) groups is 3. The number of nitrogens with zero attached hydrogens (tertiary/aromatic N) is 3. The maximum Gasteiger partial charge on any atom is 0.240 e. The van der Waals surface area contributed by atoms with Gasteiger partial charge in [0.05, 0.1) is 12.3 Å². The van der Waals surface area contributed by atoms with E-state index in [1.807, 2.05) is 39.0 Å². The number of ether oxygens (including phenoxy) is 1. The largest absolute Gasteiger partial charge is 0.492 e. The van der Waals surface area contributed by atoms with E-state index < -0.39 is 0 Å². The molecule has 2 heterocycles. The summed E-state index contributed by atoms with van der Waals surface area (Å²) in [7, 11) is 0. The minimum Gasteiger partial charge on any atom is -0.492 e. The summed E-state index contributed by atoms with van der Waals surface area (Å²) in [4.78, 5) is 42.4. The summed E-state index contributed by atoms with van der Waals surface area (Å²) < 4.78 is 5.74. The van der Waals surface area contributed by atoms with Gasteiger partial charge in [0.2, 0.25) is 17.7 Å². The van der Waals surface area contributed by atoms with E-state index >= 15 is 0 Å². The number of anilines is 1. The van der Waals surface area contributed by atoms with E-state index in [1.54, 1.807) is 0 Å². The third-order valence-electron chi connectivity index (χ3n) is 5.79. The monoisotopic (exact) mass is 430 g/mol. The summed E-state index contributed by atoms with van der Waals surface area (Å²) in [5.74, 6) is 0.0984. The van der Waals surface area contributed by atoms with Crippen LogP contribution >= 0.6 is 0 Å². The van der Waals surface area contributed by atoms with E-state index in [2.05, 4.69) is 21.2 Å². The van der Waals surface area contributed by atoms with Crippen molar-refractivity contribution in [1.82, 2.24) is 15.1 Å². The normalized spacial score (nSPS) is 19.5. The molecule has 2 aliphatic rings. The molecule has 0 radical (unpaired) electrons. The number of piperazine rings is 1. The third kappa shape index (κ3) is 6.19. The van der Waals surface area contributed by atoms with Crippen LogP contribution in [0.1, 0.15) is 33.6 Å². The van der Waals surface area contributed by atoms with Gasteiger partial charge in [-0.2, -0.15) is 0 Å². The number of para-hydroxylation sites is 2. The number of amides is 3. The van der Waals surface area contributed by atoms with Crippen molar-refractivity contribution in [3.63, 3.8) is 0 Å². The molecular weight excluding hydrogens is 396 g/mol. The fourth-order valence-electron chi connectivity index (χ4n) is 4.15. The molecule has 8 heteroatoms. The molecule has 0 aliphatic carbocycles. The van der Waals surface area contributed by atoms with Gasteiger partial charge < -0.3 is 15.0 Å². The first-order valence-electron chi connectivity index (χ1n) is 11.1. The van der Waals surface area contributed by atoms with Crippen molar-refractivity contribution < 1.29 is 19.1 Å². The first kappa shape index (κ1) is 23.1. The smallest absolute Gasteiger partial charge is 0.240 e. The summed E-state index contributed by atoms with van der Waals surface area (Å²) in [5.41, 5.74) is 0.795. The SMILES string of the molecule is CCOc1ccccc1N1CCN(CCNC(=O)CN2C(=O)CC(C)(C)CC2=O)CC1. The van der Waals surface area contributed by atoms with Gasteiger partial charge in [0.25, 0.3) is 0 Å². The molecule has 8 nitrogen and oxygen atoms in total. The lowest BCUT2D eigenvalue weighted by molar-refractivity contribution is -0.154. The maximum atomic E-state index is 12.2. The van der Waals surface area contributed by atoms with Crippen molar-refractivity contribution in [2.45, 2.75) is 33.6 Å². The van der Waals surface area contributed by atoms with E-state index in [4.69, 9.17) is 4.74 Å². The van der Waals surface area contributed by atoms with Crippen LogP contribution in [0.4, 0.5) is 5.69 Å². The van der Waals surface area contributed by atoms with Gasteiger partial charge in [-0.05, 0) is 24.5 Å². The Morgan fingerprint density at radius 2 is 1.71 bits per heavy atom. The van der Waals surface area contributed by atoms with Crippen LogP contribution in [0.5, 0.6) is 5.75 Å². The Hall–Kier alpha value is -2.61. The fourth-order valence-corrected chi connectivity index (χ4v) is 4.15. The highest BCUT2D eigenvalue weighted by Gasteiger charge is 2.38. The third-order valence-corrected chi connectivity index (χ3v) is 5.79. The van der Waals surface area contributed by atoms with Crippen molar-refractivity contribution in [2.24, 2.45) is 5.41 Å². The van der Waals surface area contributed by atoms with Crippen LogP contribution in [0, 0.1) is 5.41 Å². The van der Waals surface area contributed by atoms with Gasteiger partial charge in [0.1, 0.15) is 12.3 Å². The van der Waals surface area contributed by atoms with Crippen molar-refractivity contribution in [1.29, 1.82) is 0 Å². The second kappa shape index (κ2) is 10.1. The zero-order valence-electron chi connectivity index (χ0n) is 18.9. The Balaban J connectivity index is 1.39. The Bertz CT molecular complexity index is 783. The topological polar surface area (TPSA) is 82.2 Å². The van der Waals surface area contributed by atoms with E-state index in [1.165, 1.54) is 0 Å². The van der Waals surface area contributed by atoms with Crippen LogP contribution in [-0.2, 0) is 14.4 Å². The minimum atomic E-state index is -0.327. The molecule has 0 saturated carbocycles. The number of benzene rings is 1. The summed E-state index contributed by atoms with van der Waals surface area (Å²) in [6.07, 6.45) is 0.589. The molecule has 2 saturated heterocycles. The van der Waals surface area contributed by atoms with E-state index in [-0.39, 0.29) is 29.7 Å². The number of imide groups is 1. The summed E-state index contributed by atoms with van der Waals surface area (Å²) in [6.45, 7) is 11.1. The number of rotatable bonds is 8. The van der Waals surface area contributed by atoms with Crippen molar-refractivity contribution in [2.75, 3.05) is 57.3 Å². The lowest BCUT2D eigenvalue weighted by atomic mass is 9.82. The number of likely N-dealkylation sites (tertiary alicyclic amines) is 1. The van der Waals surface area contributed by atoms with Gasteiger partial charge in [-0.25, -0.2) is 0 Å². The second-order valence-electron chi connectivity index (χ2n) is 8.97.